The predicted molar refractivity (Wildman–Crippen MR) is 94.4 cm³/mol. The Labute approximate surface area is 145 Å². The first kappa shape index (κ1) is 15.6. The number of hydrogen-bond donors (Lipinski definition) is 1. The fourth-order valence-corrected chi connectivity index (χ4v) is 3.27. The van der Waals surface area contributed by atoms with E-state index in [-0.39, 0.29) is 12.0 Å². The molecule has 128 valence electrons. The van der Waals surface area contributed by atoms with E-state index in [0.29, 0.717) is 24.7 Å². The van der Waals surface area contributed by atoms with Crippen molar-refractivity contribution < 1.29 is 9.53 Å². The maximum atomic E-state index is 12.6. The van der Waals surface area contributed by atoms with Gasteiger partial charge in [0.2, 0.25) is 11.8 Å². The topological polar surface area (TPSA) is 71.1 Å². The average molecular weight is 336 g/mol. The number of H-pyrrole nitrogens is 1. The van der Waals surface area contributed by atoms with Crippen molar-refractivity contribution in [1.82, 2.24) is 19.9 Å². The summed E-state index contributed by atoms with van der Waals surface area (Å²) in [5.41, 5.74) is 2.10. The number of ether oxygens (including phenoxy) is 1. The lowest BCUT2D eigenvalue weighted by Crippen LogP contribution is -2.32. The van der Waals surface area contributed by atoms with Gasteiger partial charge in [0.1, 0.15) is 11.9 Å². The number of amides is 1. The third-order valence-electron chi connectivity index (χ3n) is 4.55. The van der Waals surface area contributed by atoms with Crippen molar-refractivity contribution in [2.75, 3.05) is 13.1 Å². The molecule has 1 aromatic carbocycles. The number of rotatable bonds is 4. The molecular weight excluding hydrogens is 316 g/mol. The van der Waals surface area contributed by atoms with Crippen LogP contribution in [0.15, 0.2) is 42.7 Å². The van der Waals surface area contributed by atoms with E-state index in [9.17, 15) is 4.79 Å². The molecule has 1 aliphatic rings. The van der Waals surface area contributed by atoms with Gasteiger partial charge in [-0.25, -0.2) is 4.98 Å². The number of aromatic amines is 1. The molecule has 1 atom stereocenters. The normalized spacial score (nSPS) is 17.2. The lowest BCUT2D eigenvalue weighted by molar-refractivity contribution is -0.129. The zero-order valence-corrected chi connectivity index (χ0v) is 14.1. The Kier molecular flexibility index (Phi) is 4.09. The van der Waals surface area contributed by atoms with Gasteiger partial charge < -0.3 is 14.6 Å². The number of nitrogens with zero attached hydrogens (tertiary/aromatic N) is 3. The highest BCUT2D eigenvalue weighted by Crippen LogP contribution is 2.21. The van der Waals surface area contributed by atoms with Gasteiger partial charge in [0.05, 0.1) is 13.0 Å². The molecule has 1 amide bonds. The maximum Gasteiger partial charge on any atom is 0.227 e. The highest BCUT2D eigenvalue weighted by atomic mass is 16.5. The van der Waals surface area contributed by atoms with Crippen molar-refractivity contribution in [3.8, 4) is 5.88 Å². The molecule has 6 nitrogen and oxygen atoms in total. The number of nitrogens with one attached hydrogen (secondary N) is 1. The molecule has 4 rings (SSSR count). The highest BCUT2D eigenvalue weighted by Gasteiger charge is 2.28. The first-order valence-corrected chi connectivity index (χ1v) is 8.48. The molecule has 6 heteroatoms. The predicted octanol–water partition coefficient (Wildman–Crippen LogP) is 2.49. The van der Waals surface area contributed by atoms with Crippen molar-refractivity contribution in [2.24, 2.45) is 0 Å². The van der Waals surface area contributed by atoms with Crippen molar-refractivity contribution in [2.45, 2.75) is 25.9 Å². The summed E-state index contributed by atoms with van der Waals surface area (Å²) in [5.74, 6) is 1.39. The molecule has 1 aliphatic heterocycles. The number of aromatic nitrogens is 3. The molecule has 3 heterocycles. The van der Waals surface area contributed by atoms with Crippen LogP contribution in [0.1, 0.15) is 17.8 Å². The number of benzene rings is 1. The third-order valence-corrected chi connectivity index (χ3v) is 4.55. The Morgan fingerprint density at radius 2 is 2.24 bits per heavy atom. The molecule has 0 radical (unpaired) electrons. The van der Waals surface area contributed by atoms with Crippen LogP contribution in [-0.4, -0.2) is 45.0 Å². The summed E-state index contributed by atoms with van der Waals surface area (Å²) in [5, 5.41) is 1.11. The Hall–Kier alpha value is -2.89. The van der Waals surface area contributed by atoms with Gasteiger partial charge in [-0.2, -0.15) is 4.98 Å². The minimum Gasteiger partial charge on any atom is -0.472 e. The van der Waals surface area contributed by atoms with E-state index in [1.807, 2.05) is 42.3 Å². The fraction of sp³-hybridized carbons (Fsp3) is 0.316. The SMILES string of the molecule is Cc1nccc(OC2CCN(C(=O)Cc3c[nH]c4ccccc34)C2)n1. The first-order valence-electron chi connectivity index (χ1n) is 8.48. The molecule has 1 fully saturated rings. The standard InChI is InChI=1S/C19H20N4O2/c1-13-20-8-6-18(22-13)25-15-7-9-23(12-15)19(24)10-14-11-21-17-5-3-2-4-16(14)17/h2-6,8,11,15,21H,7,9-10,12H2,1H3. The smallest absolute Gasteiger partial charge is 0.227 e. The van der Waals surface area contributed by atoms with Crippen molar-refractivity contribution in [1.29, 1.82) is 0 Å². The number of aryl methyl sites for hydroxylation is 1. The third kappa shape index (κ3) is 3.33. The molecule has 3 aromatic rings. The van der Waals surface area contributed by atoms with Gasteiger partial charge in [0.25, 0.3) is 0 Å². The Bertz CT molecular complexity index is 905. The van der Waals surface area contributed by atoms with E-state index in [0.717, 1.165) is 29.4 Å². The summed E-state index contributed by atoms with van der Waals surface area (Å²) in [6.07, 6.45) is 4.83. The van der Waals surface area contributed by atoms with Gasteiger partial charge in [0.15, 0.2) is 0 Å². The molecule has 0 saturated carbocycles. The molecule has 1 N–H and O–H groups in total. The molecule has 0 aliphatic carbocycles. The molecule has 1 unspecified atom stereocenters. The second-order valence-corrected chi connectivity index (χ2v) is 6.35. The molecule has 0 spiro atoms. The number of hydrogen-bond acceptors (Lipinski definition) is 4. The van der Waals surface area contributed by atoms with Gasteiger partial charge in [-0.15, -0.1) is 0 Å². The van der Waals surface area contributed by atoms with E-state index >= 15 is 0 Å². The Morgan fingerprint density at radius 3 is 3.12 bits per heavy atom. The lowest BCUT2D eigenvalue weighted by Gasteiger charge is -2.17. The van der Waals surface area contributed by atoms with Gasteiger partial charge >= 0.3 is 0 Å². The van der Waals surface area contributed by atoms with Crippen LogP contribution in [0.2, 0.25) is 0 Å². The largest absolute Gasteiger partial charge is 0.472 e. The number of likely N-dealkylation sites (tertiary alicyclic amines) is 1. The lowest BCUT2D eigenvalue weighted by atomic mass is 10.1. The van der Waals surface area contributed by atoms with Crippen LogP contribution >= 0.6 is 0 Å². The fourth-order valence-electron chi connectivity index (χ4n) is 3.27. The highest BCUT2D eigenvalue weighted by molar-refractivity contribution is 5.89. The van der Waals surface area contributed by atoms with Crippen LogP contribution in [-0.2, 0) is 11.2 Å². The number of para-hydroxylation sites is 1. The van der Waals surface area contributed by atoms with Gasteiger partial charge in [-0.1, -0.05) is 18.2 Å². The van der Waals surface area contributed by atoms with Crippen LogP contribution < -0.4 is 4.74 Å². The van der Waals surface area contributed by atoms with Crippen molar-refractivity contribution >= 4 is 16.8 Å². The second kappa shape index (κ2) is 6.55. The van der Waals surface area contributed by atoms with E-state index in [1.54, 1.807) is 12.3 Å². The van der Waals surface area contributed by atoms with Crippen molar-refractivity contribution in [3.05, 3.63) is 54.1 Å². The second-order valence-electron chi connectivity index (χ2n) is 6.35. The number of carbonyl (C=O) groups excluding carboxylic acids is 1. The van der Waals surface area contributed by atoms with E-state index in [4.69, 9.17) is 4.74 Å². The Balaban J connectivity index is 1.39. The minimum absolute atomic E-state index is 0.0128. The zero-order valence-electron chi connectivity index (χ0n) is 14.1. The van der Waals surface area contributed by atoms with Crippen LogP contribution in [0.5, 0.6) is 5.88 Å². The molecule has 1 saturated heterocycles. The van der Waals surface area contributed by atoms with E-state index < -0.39 is 0 Å². The summed E-state index contributed by atoms with van der Waals surface area (Å²) >= 11 is 0. The number of carbonyl (C=O) groups is 1. The number of fused-ring (bicyclic) bond motifs is 1. The summed E-state index contributed by atoms with van der Waals surface area (Å²) in [6.45, 7) is 3.15. The van der Waals surface area contributed by atoms with Gasteiger partial charge in [-0.3, -0.25) is 4.79 Å². The molecular formula is C19H20N4O2. The maximum absolute atomic E-state index is 12.6. The minimum atomic E-state index is -0.0128. The monoisotopic (exact) mass is 336 g/mol. The van der Waals surface area contributed by atoms with Crippen LogP contribution in [0.4, 0.5) is 0 Å². The van der Waals surface area contributed by atoms with Crippen LogP contribution in [0.25, 0.3) is 10.9 Å². The zero-order chi connectivity index (χ0) is 17.2. The van der Waals surface area contributed by atoms with E-state index in [2.05, 4.69) is 15.0 Å². The summed E-state index contributed by atoms with van der Waals surface area (Å²) in [6, 6.07) is 9.80. The van der Waals surface area contributed by atoms with Crippen LogP contribution in [0.3, 0.4) is 0 Å². The van der Waals surface area contributed by atoms with E-state index in [1.165, 1.54) is 0 Å². The quantitative estimate of drug-likeness (QED) is 0.794. The van der Waals surface area contributed by atoms with Gasteiger partial charge in [-0.05, 0) is 18.6 Å². The van der Waals surface area contributed by atoms with Gasteiger partial charge in [0, 0.05) is 42.3 Å². The first-order chi connectivity index (χ1) is 12.2. The summed E-state index contributed by atoms with van der Waals surface area (Å²) in [7, 11) is 0. The average Bonchev–Trinajstić information content (AvgIpc) is 3.23. The molecule has 25 heavy (non-hydrogen) atoms. The molecule has 2 aromatic heterocycles. The summed E-state index contributed by atoms with van der Waals surface area (Å²) in [4.78, 5) is 26.1. The Morgan fingerprint density at radius 1 is 1.36 bits per heavy atom. The van der Waals surface area contributed by atoms with Crippen LogP contribution in [0, 0.1) is 6.92 Å². The summed E-state index contributed by atoms with van der Waals surface area (Å²) < 4.78 is 5.89. The van der Waals surface area contributed by atoms with Crippen molar-refractivity contribution in [3.63, 3.8) is 0 Å². The molecule has 0 bridgehead atoms.